The predicted molar refractivity (Wildman–Crippen MR) is 170 cm³/mol. The molecule has 0 aliphatic heterocycles. The molecule has 0 bridgehead atoms. The molecule has 2 N–H and O–H groups in total. The van der Waals surface area contributed by atoms with E-state index in [0.29, 0.717) is 53.2 Å². The van der Waals surface area contributed by atoms with Gasteiger partial charge in [0.25, 0.3) is 5.91 Å². The Balaban J connectivity index is 1.07. The number of hydrogen-bond donors (Lipinski definition) is 2. The summed E-state index contributed by atoms with van der Waals surface area (Å²) in [6.07, 6.45) is 2.96. The van der Waals surface area contributed by atoms with Crippen LogP contribution >= 0.6 is 0 Å². The number of hydrogen-bond acceptors (Lipinski definition) is 6. The van der Waals surface area contributed by atoms with Gasteiger partial charge in [-0.25, -0.2) is 9.37 Å². The zero-order chi connectivity index (χ0) is 31.6. The van der Waals surface area contributed by atoms with Crippen molar-refractivity contribution in [3.8, 4) is 11.5 Å². The predicted octanol–water partition coefficient (Wildman–Crippen LogP) is 6.19. The lowest BCUT2D eigenvalue weighted by atomic mass is 9.88. The van der Waals surface area contributed by atoms with Crippen molar-refractivity contribution in [2.24, 2.45) is 5.41 Å². The molecule has 2 aromatic heterocycles. The van der Waals surface area contributed by atoms with Gasteiger partial charge in [-0.1, -0.05) is 36.4 Å². The van der Waals surface area contributed by atoms with Gasteiger partial charge in [0.15, 0.2) is 11.6 Å². The fraction of sp³-hybridized carbons (Fsp3) is 0.222. The highest BCUT2D eigenvalue weighted by molar-refractivity contribution is 6.11. The summed E-state index contributed by atoms with van der Waals surface area (Å²) in [5.74, 6) is 0.265. The number of nitrogens with zero attached hydrogens (tertiary/aromatic N) is 2. The highest BCUT2D eigenvalue weighted by Crippen LogP contribution is 2.48. The SMILES string of the molecule is CN(C)c1ccc(CNC(=O)c2cc3c(Oc4ccc(CC(=O)C5(C(=O)Cc6ccc(F)cc6)CC5)cc4)ccnc3[nH]2)cc1. The molecule has 45 heavy (non-hydrogen) atoms. The number of H-pyrrole nitrogens is 1. The summed E-state index contributed by atoms with van der Waals surface area (Å²) in [4.78, 5) is 48.5. The van der Waals surface area contributed by atoms with Crippen LogP contribution in [-0.4, -0.2) is 41.5 Å². The summed E-state index contributed by atoms with van der Waals surface area (Å²) in [6.45, 7) is 0.386. The fourth-order valence-corrected chi connectivity index (χ4v) is 5.36. The van der Waals surface area contributed by atoms with E-state index in [1.165, 1.54) is 12.1 Å². The van der Waals surface area contributed by atoms with E-state index >= 15 is 0 Å². The van der Waals surface area contributed by atoms with Crippen LogP contribution in [0.5, 0.6) is 11.5 Å². The molecule has 1 saturated carbocycles. The van der Waals surface area contributed by atoms with Crippen LogP contribution < -0.4 is 15.0 Å². The number of pyridine rings is 1. The van der Waals surface area contributed by atoms with Crippen LogP contribution in [0, 0.1) is 11.2 Å². The quantitative estimate of drug-likeness (QED) is 0.165. The Morgan fingerprint density at radius 1 is 0.867 bits per heavy atom. The summed E-state index contributed by atoms with van der Waals surface area (Å²) in [5.41, 5.74) is 3.51. The summed E-state index contributed by atoms with van der Waals surface area (Å²) < 4.78 is 19.4. The van der Waals surface area contributed by atoms with E-state index in [1.807, 2.05) is 55.4 Å². The molecular formula is C36H33FN4O4. The maximum atomic E-state index is 13.2. The average Bonchev–Trinajstić information content (AvgIpc) is 3.74. The topological polar surface area (TPSA) is 104 Å². The number of nitrogens with one attached hydrogen (secondary N) is 2. The smallest absolute Gasteiger partial charge is 0.268 e. The summed E-state index contributed by atoms with van der Waals surface area (Å²) in [5, 5.41) is 3.60. The fourth-order valence-electron chi connectivity index (χ4n) is 5.36. The number of benzene rings is 3. The Bertz CT molecular complexity index is 1860. The molecule has 1 aliphatic carbocycles. The lowest BCUT2D eigenvalue weighted by Crippen LogP contribution is -2.28. The minimum Gasteiger partial charge on any atom is -0.457 e. The van der Waals surface area contributed by atoms with E-state index in [-0.39, 0.29) is 36.1 Å². The number of Topliss-reactive ketones (excluding diaryl/α,β-unsaturated/α-hetero) is 2. The van der Waals surface area contributed by atoms with E-state index in [0.717, 1.165) is 16.8 Å². The molecule has 0 saturated heterocycles. The maximum Gasteiger partial charge on any atom is 0.268 e. The van der Waals surface area contributed by atoms with Crippen molar-refractivity contribution in [3.05, 3.63) is 119 Å². The normalized spacial score (nSPS) is 13.3. The Hall–Kier alpha value is -5.31. The van der Waals surface area contributed by atoms with E-state index in [1.54, 1.807) is 42.6 Å². The van der Waals surface area contributed by atoms with Gasteiger partial charge in [-0.15, -0.1) is 0 Å². The minimum absolute atomic E-state index is 0.0946. The van der Waals surface area contributed by atoms with E-state index < -0.39 is 5.41 Å². The molecule has 0 unspecified atom stereocenters. The van der Waals surface area contributed by atoms with Gasteiger partial charge in [0.05, 0.1) is 10.8 Å². The van der Waals surface area contributed by atoms with Crippen molar-refractivity contribution < 1.29 is 23.5 Å². The molecule has 0 spiro atoms. The van der Waals surface area contributed by atoms with E-state index in [4.69, 9.17) is 4.74 Å². The van der Waals surface area contributed by atoms with Gasteiger partial charge in [-0.05, 0) is 78.1 Å². The van der Waals surface area contributed by atoms with Gasteiger partial charge in [0.1, 0.15) is 28.7 Å². The second-order valence-electron chi connectivity index (χ2n) is 11.7. The molecule has 2 heterocycles. The maximum absolute atomic E-state index is 13.2. The zero-order valence-corrected chi connectivity index (χ0v) is 25.1. The largest absolute Gasteiger partial charge is 0.457 e. The van der Waals surface area contributed by atoms with Crippen molar-refractivity contribution in [2.75, 3.05) is 19.0 Å². The molecule has 0 radical (unpaired) electrons. The first-order valence-electron chi connectivity index (χ1n) is 14.8. The van der Waals surface area contributed by atoms with Gasteiger partial charge >= 0.3 is 0 Å². The molecule has 1 amide bonds. The number of ether oxygens (including phenoxy) is 1. The Morgan fingerprint density at radius 2 is 1.47 bits per heavy atom. The third-order valence-corrected chi connectivity index (χ3v) is 8.25. The van der Waals surface area contributed by atoms with Gasteiger partial charge in [-0.2, -0.15) is 0 Å². The van der Waals surface area contributed by atoms with Crippen molar-refractivity contribution >= 4 is 34.2 Å². The lowest BCUT2D eigenvalue weighted by molar-refractivity contribution is -0.133. The van der Waals surface area contributed by atoms with Crippen LogP contribution in [0.4, 0.5) is 10.1 Å². The van der Waals surface area contributed by atoms with Crippen molar-refractivity contribution in [1.29, 1.82) is 0 Å². The van der Waals surface area contributed by atoms with E-state index in [2.05, 4.69) is 15.3 Å². The zero-order valence-electron chi connectivity index (χ0n) is 25.1. The number of carbonyl (C=O) groups excluding carboxylic acids is 3. The van der Waals surface area contributed by atoms with Gasteiger partial charge < -0.3 is 19.9 Å². The molecule has 3 aromatic carbocycles. The molecule has 9 heteroatoms. The van der Waals surface area contributed by atoms with Crippen LogP contribution in [0.15, 0.2) is 91.1 Å². The average molecular weight is 605 g/mol. The van der Waals surface area contributed by atoms with Crippen LogP contribution in [0.2, 0.25) is 0 Å². The van der Waals surface area contributed by atoms with Crippen molar-refractivity contribution in [3.63, 3.8) is 0 Å². The third kappa shape index (κ3) is 6.62. The molecule has 1 fully saturated rings. The van der Waals surface area contributed by atoms with Crippen molar-refractivity contribution in [2.45, 2.75) is 32.2 Å². The summed E-state index contributed by atoms with van der Waals surface area (Å²) in [6, 6.07) is 24.4. The molecule has 5 aromatic rings. The second-order valence-corrected chi connectivity index (χ2v) is 11.7. The van der Waals surface area contributed by atoms with Crippen LogP contribution in [0.3, 0.4) is 0 Å². The number of carbonyl (C=O) groups is 3. The third-order valence-electron chi connectivity index (χ3n) is 8.25. The molecule has 0 atom stereocenters. The Kier molecular flexibility index (Phi) is 8.17. The summed E-state index contributed by atoms with van der Waals surface area (Å²) in [7, 11) is 3.96. The number of ketones is 2. The highest BCUT2D eigenvalue weighted by Gasteiger charge is 2.54. The van der Waals surface area contributed by atoms with Crippen LogP contribution in [0.1, 0.15) is 40.0 Å². The standard InChI is InChI=1S/C36H33FN4O4/c1-41(2)27-11-5-25(6-12-27)22-39-35(44)30-21-29-31(15-18-38-34(29)40-30)45-28-13-7-24(8-14-28)20-33(43)36(16-17-36)32(42)19-23-3-9-26(37)10-4-23/h3-15,18,21H,16-17,19-20,22H2,1-2H3,(H,38,40)(H,39,44). The minimum atomic E-state index is -0.943. The molecule has 8 nitrogen and oxygen atoms in total. The number of anilines is 1. The lowest BCUT2D eigenvalue weighted by Gasteiger charge is -2.13. The monoisotopic (exact) mass is 604 g/mol. The molecule has 1 aliphatic rings. The number of aromatic amines is 1. The first-order valence-corrected chi connectivity index (χ1v) is 14.8. The van der Waals surface area contributed by atoms with Gasteiger partial charge in [0, 0.05) is 45.4 Å². The number of halogens is 1. The molecular weight excluding hydrogens is 571 g/mol. The number of fused-ring (bicyclic) bond motifs is 1. The number of amides is 1. The highest BCUT2D eigenvalue weighted by atomic mass is 19.1. The number of aromatic nitrogens is 2. The Morgan fingerprint density at radius 3 is 2.07 bits per heavy atom. The van der Waals surface area contributed by atoms with Crippen LogP contribution in [-0.2, 0) is 29.0 Å². The van der Waals surface area contributed by atoms with Crippen LogP contribution in [0.25, 0.3) is 11.0 Å². The first-order chi connectivity index (χ1) is 21.7. The second kappa shape index (κ2) is 12.4. The Labute approximate surface area is 260 Å². The van der Waals surface area contributed by atoms with Crippen molar-refractivity contribution in [1.82, 2.24) is 15.3 Å². The summed E-state index contributed by atoms with van der Waals surface area (Å²) >= 11 is 0. The van der Waals surface area contributed by atoms with Gasteiger partial charge in [-0.3, -0.25) is 14.4 Å². The molecule has 6 rings (SSSR count). The molecule has 228 valence electrons. The number of rotatable bonds is 12. The van der Waals surface area contributed by atoms with Gasteiger partial charge in [0.2, 0.25) is 0 Å². The van der Waals surface area contributed by atoms with E-state index in [9.17, 15) is 18.8 Å². The first kappa shape index (κ1) is 29.7.